The summed E-state index contributed by atoms with van der Waals surface area (Å²) < 4.78 is 16.3. The topological polar surface area (TPSA) is 172 Å². The second-order valence-electron chi connectivity index (χ2n) is 17.6. The highest BCUT2D eigenvalue weighted by atomic mass is 16.6. The summed E-state index contributed by atoms with van der Waals surface area (Å²) in [5.41, 5.74) is -1.32. The number of hydrogen-bond acceptors (Lipinski definition) is 10. The third-order valence-electron chi connectivity index (χ3n) is 9.69. The van der Waals surface area contributed by atoms with Crippen molar-refractivity contribution >= 4 is 24.1 Å². The Bertz CT molecular complexity index is 1090. The van der Waals surface area contributed by atoms with E-state index in [9.17, 15) is 34.5 Å². The quantitative estimate of drug-likeness (QED) is 0.132. The molecule has 0 bridgehead atoms. The van der Waals surface area contributed by atoms with Gasteiger partial charge in [0, 0.05) is 19.1 Å². The fourth-order valence-electron chi connectivity index (χ4n) is 6.32. The number of ether oxygens (including phenoxy) is 3. The van der Waals surface area contributed by atoms with Crippen molar-refractivity contribution in [3.8, 4) is 0 Å². The van der Waals surface area contributed by atoms with E-state index in [1.165, 1.54) is 4.90 Å². The Morgan fingerprint density at radius 1 is 0.800 bits per heavy atom. The Labute approximate surface area is 301 Å². The molecule has 2 saturated heterocycles. The zero-order valence-electron chi connectivity index (χ0n) is 33.3. The molecule has 3 amide bonds. The van der Waals surface area contributed by atoms with Crippen LogP contribution in [0.15, 0.2) is 0 Å². The maximum atomic E-state index is 12.8. The number of esters is 1. The van der Waals surface area contributed by atoms with Crippen LogP contribution in [-0.2, 0) is 23.8 Å². The number of aliphatic hydroxyl groups is 3. The van der Waals surface area contributed by atoms with Crippen LogP contribution in [0.2, 0.25) is 0 Å². The van der Waals surface area contributed by atoms with Crippen LogP contribution in [0.5, 0.6) is 0 Å². The maximum Gasteiger partial charge on any atom is 0.417 e. The fraction of sp³-hybridized carbons (Fsp3) is 0.895. The van der Waals surface area contributed by atoms with Crippen molar-refractivity contribution in [2.45, 2.75) is 158 Å². The minimum Gasteiger partial charge on any atom is -0.460 e. The van der Waals surface area contributed by atoms with Gasteiger partial charge in [0.15, 0.2) is 0 Å². The summed E-state index contributed by atoms with van der Waals surface area (Å²) in [4.78, 5) is 51.0. The molecule has 12 heteroatoms. The second kappa shape index (κ2) is 19.4. The van der Waals surface area contributed by atoms with Gasteiger partial charge in [0.05, 0.1) is 24.1 Å². The molecule has 2 aliphatic rings. The smallest absolute Gasteiger partial charge is 0.417 e. The largest absolute Gasteiger partial charge is 0.460 e. The lowest BCUT2D eigenvalue weighted by atomic mass is 9.84. The molecule has 2 heterocycles. The van der Waals surface area contributed by atoms with Gasteiger partial charge < -0.3 is 34.8 Å². The zero-order chi connectivity index (χ0) is 38.9. The number of carbonyl (C=O) groups is 4. The van der Waals surface area contributed by atoms with Gasteiger partial charge in [-0.2, -0.15) is 0 Å². The predicted molar refractivity (Wildman–Crippen MR) is 192 cm³/mol. The van der Waals surface area contributed by atoms with Crippen molar-refractivity contribution in [2.24, 2.45) is 47.3 Å². The third kappa shape index (κ3) is 14.3. The van der Waals surface area contributed by atoms with Gasteiger partial charge in [-0.1, -0.05) is 55.4 Å². The van der Waals surface area contributed by atoms with Crippen LogP contribution in [0.25, 0.3) is 0 Å². The van der Waals surface area contributed by atoms with Crippen LogP contribution < -0.4 is 5.32 Å². The second-order valence-corrected chi connectivity index (χ2v) is 17.6. The summed E-state index contributed by atoms with van der Waals surface area (Å²) in [6.45, 7) is 26.5. The summed E-state index contributed by atoms with van der Waals surface area (Å²) in [5.74, 6) is -0.257. The van der Waals surface area contributed by atoms with Crippen molar-refractivity contribution in [1.82, 2.24) is 10.2 Å². The molecule has 12 nitrogen and oxygen atoms in total. The predicted octanol–water partition coefficient (Wildman–Crippen LogP) is 5.93. The number of rotatable bonds is 13. The minimum absolute atomic E-state index is 0.00943. The number of cyclic esters (lactones) is 1. The van der Waals surface area contributed by atoms with E-state index in [4.69, 9.17) is 14.2 Å². The fourth-order valence-corrected chi connectivity index (χ4v) is 6.32. The molecule has 0 saturated carbocycles. The van der Waals surface area contributed by atoms with Crippen molar-refractivity contribution in [2.75, 3.05) is 13.2 Å². The molecule has 4 N–H and O–H groups in total. The maximum absolute atomic E-state index is 12.8. The summed E-state index contributed by atoms with van der Waals surface area (Å²) in [7, 11) is 0. The molecule has 2 aliphatic heterocycles. The van der Waals surface area contributed by atoms with Crippen LogP contribution in [0.1, 0.15) is 123 Å². The molecule has 0 radical (unpaired) electrons. The number of alkyl carbamates (subject to hydrolysis) is 1. The van der Waals surface area contributed by atoms with E-state index >= 15 is 0 Å². The molecule has 2 fully saturated rings. The highest BCUT2D eigenvalue weighted by molar-refractivity contribution is 5.96. The summed E-state index contributed by atoms with van der Waals surface area (Å²) in [6, 6.07) is -0.982. The van der Waals surface area contributed by atoms with E-state index in [1.807, 2.05) is 55.4 Å². The van der Waals surface area contributed by atoms with Crippen LogP contribution in [-0.4, -0.2) is 93.0 Å². The van der Waals surface area contributed by atoms with Crippen molar-refractivity contribution in [3.05, 3.63) is 0 Å². The lowest BCUT2D eigenvalue weighted by molar-refractivity contribution is -0.148. The monoisotopic (exact) mass is 715 g/mol. The first-order valence-electron chi connectivity index (χ1n) is 18.5. The van der Waals surface area contributed by atoms with Gasteiger partial charge in [-0.15, -0.1) is 0 Å². The van der Waals surface area contributed by atoms with Gasteiger partial charge in [-0.05, 0) is 103 Å². The number of nitrogens with zero attached hydrogens (tertiary/aromatic N) is 1. The van der Waals surface area contributed by atoms with Crippen molar-refractivity contribution in [3.63, 3.8) is 0 Å². The number of aliphatic hydroxyl groups excluding tert-OH is 3. The Morgan fingerprint density at radius 3 is 1.68 bits per heavy atom. The molecule has 0 spiro atoms. The van der Waals surface area contributed by atoms with E-state index in [2.05, 4.69) is 5.32 Å². The van der Waals surface area contributed by atoms with E-state index < -0.39 is 47.7 Å². The molecule has 0 aliphatic carbocycles. The zero-order valence-corrected chi connectivity index (χ0v) is 33.3. The first kappa shape index (κ1) is 45.6. The number of hydrogen-bond donors (Lipinski definition) is 4. The minimum atomic E-state index is -0.820. The van der Waals surface area contributed by atoms with Crippen molar-refractivity contribution in [1.29, 1.82) is 0 Å². The molecular weight excluding hydrogens is 644 g/mol. The van der Waals surface area contributed by atoms with E-state index in [0.717, 1.165) is 0 Å². The molecular formula is C38H70N2O10. The number of imide groups is 1. The summed E-state index contributed by atoms with van der Waals surface area (Å²) >= 11 is 0. The number of amides is 3. The van der Waals surface area contributed by atoms with Crippen molar-refractivity contribution < 1.29 is 48.7 Å². The molecule has 0 unspecified atom stereocenters. The average molecular weight is 715 g/mol. The molecule has 8 atom stereocenters. The first-order chi connectivity index (χ1) is 22.8. The van der Waals surface area contributed by atoms with Gasteiger partial charge in [0.1, 0.15) is 17.3 Å². The van der Waals surface area contributed by atoms with Gasteiger partial charge in [0.25, 0.3) is 0 Å². The lowest BCUT2D eigenvalue weighted by Gasteiger charge is -2.32. The first-order valence-corrected chi connectivity index (χ1v) is 18.5. The van der Waals surface area contributed by atoms with Gasteiger partial charge in [-0.3, -0.25) is 9.59 Å². The number of carbonyl (C=O) groups excluding carboxylic acids is 4. The van der Waals surface area contributed by atoms with Crippen LogP contribution >= 0.6 is 0 Å². The van der Waals surface area contributed by atoms with E-state index in [-0.39, 0.29) is 72.4 Å². The number of nitrogens with one attached hydrogen (secondary N) is 1. The highest BCUT2D eigenvalue weighted by Crippen LogP contribution is 2.39. The Balaban J connectivity index is 0.000000500. The Morgan fingerprint density at radius 2 is 1.28 bits per heavy atom. The van der Waals surface area contributed by atoms with Gasteiger partial charge >= 0.3 is 18.2 Å². The van der Waals surface area contributed by atoms with E-state index in [1.54, 1.807) is 41.5 Å². The third-order valence-corrected chi connectivity index (χ3v) is 9.69. The molecule has 0 aromatic heterocycles. The molecule has 0 aromatic rings. The van der Waals surface area contributed by atoms with Crippen LogP contribution in [0, 0.1) is 47.3 Å². The van der Waals surface area contributed by atoms with E-state index in [0.29, 0.717) is 25.7 Å². The Kier molecular flexibility index (Phi) is 17.7. The molecule has 2 rings (SSSR count). The van der Waals surface area contributed by atoms with Gasteiger partial charge in [-0.25, -0.2) is 14.5 Å². The number of likely N-dealkylation sites (tertiary alicyclic amines) is 1. The molecule has 50 heavy (non-hydrogen) atoms. The standard InChI is InChI=1S/C19H31NO5.C19H39NO5/c1-10(2)12-8-14(15-9-13(11(3)4)17(22)24-15)20(16(12)21)18(23)25-19(5,6)7;1-12(2)14(10-21)8-16(20-18(24)25-19(5,6)7)17(23)9-15(11-22)13(3)4/h10-15H,8-9H2,1-7H3;12-17,21-23H,8-11H2,1-7H3,(H,20,24)/t12-,13-,14-,15-;14-,15-,16+,17+/m01/s1. The summed E-state index contributed by atoms with van der Waals surface area (Å²) in [5, 5.41) is 32.5. The highest BCUT2D eigenvalue weighted by Gasteiger charge is 2.52. The van der Waals surface area contributed by atoms with Crippen LogP contribution in [0.3, 0.4) is 0 Å². The molecule has 292 valence electrons. The lowest BCUT2D eigenvalue weighted by Crippen LogP contribution is -2.48. The molecule has 0 aromatic carbocycles. The SMILES string of the molecule is CC(C)[C@@H](CO)C[C@H](NC(=O)OC(C)(C)C)[C@@H](O)C[C@H](CO)C(C)C.CC(C)[C@@H]1C[C@@H]([C@@H]2C[C@@H](C(C)C)C(=O)N2C(=O)OC(C)(C)C)OC1=O. The average Bonchev–Trinajstić information content (AvgIpc) is 3.51. The normalized spacial score (nSPS) is 23.8. The summed E-state index contributed by atoms with van der Waals surface area (Å²) in [6.07, 6.45) is -0.607. The Hall–Kier alpha value is -2.44. The van der Waals surface area contributed by atoms with Gasteiger partial charge in [0.2, 0.25) is 5.91 Å². The van der Waals surface area contributed by atoms with Crippen LogP contribution in [0.4, 0.5) is 9.59 Å².